The number of hydrogen-bond donors (Lipinski definition) is 3. The molecular weight excluding hydrogens is 494 g/mol. The number of ether oxygens (including phenoxy) is 1. The molecule has 4 aliphatic carbocycles. The molecule has 3 N–H and O–H groups in total. The number of fused-ring (bicyclic) bond motifs is 2. The van der Waals surface area contributed by atoms with Gasteiger partial charge >= 0.3 is 5.97 Å². The molecule has 0 unspecified atom stereocenters. The number of benzene rings is 1. The lowest BCUT2D eigenvalue weighted by molar-refractivity contribution is -0.150. The van der Waals surface area contributed by atoms with E-state index >= 15 is 0 Å². The zero-order valence-corrected chi connectivity index (χ0v) is 22.2. The van der Waals surface area contributed by atoms with E-state index < -0.39 is 41.1 Å². The van der Waals surface area contributed by atoms with Gasteiger partial charge in [0.05, 0.1) is 23.0 Å². The van der Waals surface area contributed by atoms with Gasteiger partial charge in [-0.2, -0.15) is 0 Å². The van der Waals surface area contributed by atoms with Crippen molar-refractivity contribution in [1.82, 2.24) is 10.6 Å². The Balaban J connectivity index is 1.26. The second-order valence-electron chi connectivity index (χ2n) is 12.7. The fraction of sp³-hybridized carbons (Fsp3) is 0.690. The molecule has 1 aromatic carbocycles. The van der Waals surface area contributed by atoms with Gasteiger partial charge in [-0.3, -0.25) is 14.4 Å². The van der Waals surface area contributed by atoms with Crippen molar-refractivity contribution < 1.29 is 33.0 Å². The second-order valence-corrected chi connectivity index (χ2v) is 12.7. The highest BCUT2D eigenvalue weighted by molar-refractivity contribution is 5.95. The molecule has 0 spiro atoms. The minimum absolute atomic E-state index is 0.0510. The molecule has 0 saturated heterocycles. The number of halogens is 2. The molecule has 1 aromatic rings. The first-order valence-electron chi connectivity index (χ1n) is 14.0. The summed E-state index contributed by atoms with van der Waals surface area (Å²) in [5.74, 6) is -3.73. The highest BCUT2D eigenvalue weighted by Gasteiger charge is 2.51. The molecule has 2 bridgehead atoms. The molecule has 0 heterocycles. The van der Waals surface area contributed by atoms with Crippen LogP contribution >= 0.6 is 0 Å². The minimum Gasteiger partial charge on any atom is -0.487 e. The predicted octanol–water partition coefficient (Wildman–Crippen LogP) is 4.83. The number of amides is 2. The lowest BCUT2D eigenvalue weighted by Gasteiger charge is -2.39. The van der Waals surface area contributed by atoms with Crippen LogP contribution in [0.5, 0.6) is 5.75 Å². The Hall–Kier alpha value is -2.71. The van der Waals surface area contributed by atoms with Crippen molar-refractivity contribution in [2.45, 2.75) is 90.2 Å². The number of rotatable bonds is 8. The molecule has 38 heavy (non-hydrogen) atoms. The number of aliphatic carboxylic acids is 1. The number of hydrogen-bond acceptors (Lipinski definition) is 4. The lowest BCUT2D eigenvalue weighted by Crippen LogP contribution is -2.51. The van der Waals surface area contributed by atoms with Gasteiger partial charge in [-0.15, -0.1) is 0 Å². The zero-order valence-electron chi connectivity index (χ0n) is 22.2. The monoisotopic (exact) mass is 532 g/mol. The van der Waals surface area contributed by atoms with Crippen LogP contribution in [0.3, 0.4) is 0 Å². The first-order chi connectivity index (χ1) is 18.0. The van der Waals surface area contributed by atoms with Gasteiger partial charge in [0.1, 0.15) is 5.82 Å². The van der Waals surface area contributed by atoms with E-state index in [1.807, 2.05) is 0 Å². The Morgan fingerprint density at radius 1 is 1.00 bits per heavy atom. The number of carbonyl (C=O) groups excluding carboxylic acids is 2. The zero-order chi connectivity index (χ0) is 27.2. The van der Waals surface area contributed by atoms with Gasteiger partial charge in [-0.05, 0) is 88.0 Å². The Bertz CT molecular complexity index is 1110. The largest absolute Gasteiger partial charge is 0.487 e. The quantitative estimate of drug-likeness (QED) is 0.445. The third kappa shape index (κ3) is 5.13. The molecule has 5 rings (SSSR count). The molecule has 208 valence electrons. The second kappa shape index (κ2) is 10.1. The van der Waals surface area contributed by atoms with E-state index in [1.165, 1.54) is 6.42 Å². The van der Waals surface area contributed by atoms with Gasteiger partial charge in [0.2, 0.25) is 5.91 Å². The summed E-state index contributed by atoms with van der Waals surface area (Å²) in [7, 11) is 0. The molecule has 4 fully saturated rings. The summed E-state index contributed by atoms with van der Waals surface area (Å²) in [6.45, 7) is 4.48. The van der Waals surface area contributed by atoms with Crippen LogP contribution in [0, 0.1) is 40.2 Å². The van der Waals surface area contributed by atoms with Crippen LogP contribution in [0.1, 0.15) is 88.4 Å². The van der Waals surface area contributed by atoms with Crippen LogP contribution in [0.2, 0.25) is 0 Å². The van der Waals surface area contributed by atoms with Crippen molar-refractivity contribution in [2.24, 2.45) is 28.6 Å². The molecule has 4 saturated carbocycles. The number of carboxylic acid groups (broad SMARTS) is 1. The standard InChI is InChI=1S/C29H38F2N2O5/c1-28(8-3-9-28)15-32-26(35)23-16-4-5-17(12-16)24(23)33-25(34)19-13-22(21(31)14-20(19)30)38-18-6-10-29(2,11-7-18)27(36)37/h13-14,16-18,23-24H,3-12,15H2,1-2H3,(H,32,35)(H,33,34)(H,36,37)/t16-,17+,18-,23+,24-,29+/m1/s1. The number of nitrogens with one attached hydrogen (secondary N) is 2. The predicted molar refractivity (Wildman–Crippen MR) is 136 cm³/mol. The average Bonchev–Trinajstić information content (AvgIpc) is 3.46. The normalized spacial score (nSPS) is 33.3. The van der Waals surface area contributed by atoms with E-state index in [2.05, 4.69) is 17.6 Å². The van der Waals surface area contributed by atoms with Crippen molar-refractivity contribution in [3.8, 4) is 5.75 Å². The van der Waals surface area contributed by atoms with E-state index in [0.717, 1.165) is 38.2 Å². The highest BCUT2D eigenvalue weighted by Crippen LogP contribution is 2.49. The molecule has 4 aliphatic rings. The van der Waals surface area contributed by atoms with Crippen LogP contribution < -0.4 is 15.4 Å². The Kier molecular flexibility index (Phi) is 7.16. The van der Waals surface area contributed by atoms with Crippen molar-refractivity contribution in [1.29, 1.82) is 0 Å². The van der Waals surface area contributed by atoms with Crippen LogP contribution in [-0.4, -0.2) is 41.6 Å². The van der Waals surface area contributed by atoms with E-state index in [-0.39, 0.29) is 40.4 Å². The van der Waals surface area contributed by atoms with E-state index in [1.54, 1.807) is 6.92 Å². The molecule has 7 nitrogen and oxygen atoms in total. The molecule has 2 amide bonds. The summed E-state index contributed by atoms with van der Waals surface area (Å²) in [5, 5.41) is 15.4. The van der Waals surface area contributed by atoms with Gasteiger partial charge in [0, 0.05) is 18.7 Å². The van der Waals surface area contributed by atoms with Gasteiger partial charge < -0.3 is 20.5 Å². The van der Waals surface area contributed by atoms with Gasteiger partial charge in [0.15, 0.2) is 11.6 Å². The summed E-state index contributed by atoms with van der Waals surface area (Å²) < 4.78 is 35.1. The van der Waals surface area contributed by atoms with Gasteiger partial charge in [-0.1, -0.05) is 13.3 Å². The van der Waals surface area contributed by atoms with E-state index in [4.69, 9.17) is 4.74 Å². The topological polar surface area (TPSA) is 105 Å². The first kappa shape index (κ1) is 26.9. The van der Waals surface area contributed by atoms with Crippen LogP contribution in [0.4, 0.5) is 8.78 Å². The summed E-state index contributed by atoms with van der Waals surface area (Å²) >= 11 is 0. The molecule has 0 aromatic heterocycles. The SMILES string of the molecule is CC1(CNC(=O)[C@H]2[C@@H]3CC[C@@H](C3)[C@H]2NC(=O)c2cc(O[C@H]3CC[C@@](C)(C(=O)O)CC3)c(F)cc2F)CCC1. The lowest BCUT2D eigenvalue weighted by atomic mass is 9.70. The van der Waals surface area contributed by atoms with E-state index in [0.29, 0.717) is 38.3 Å². The van der Waals surface area contributed by atoms with Crippen LogP contribution in [0.15, 0.2) is 12.1 Å². The first-order valence-corrected chi connectivity index (χ1v) is 14.0. The maximum Gasteiger partial charge on any atom is 0.309 e. The van der Waals surface area contributed by atoms with Crippen molar-refractivity contribution in [3.05, 3.63) is 29.3 Å². The van der Waals surface area contributed by atoms with Crippen molar-refractivity contribution >= 4 is 17.8 Å². The molecular formula is C29H38F2N2O5. The van der Waals surface area contributed by atoms with E-state index in [9.17, 15) is 28.3 Å². The Morgan fingerprint density at radius 2 is 1.68 bits per heavy atom. The fourth-order valence-corrected chi connectivity index (χ4v) is 7.01. The van der Waals surface area contributed by atoms with Crippen molar-refractivity contribution in [3.63, 3.8) is 0 Å². The third-order valence-corrected chi connectivity index (χ3v) is 9.88. The minimum atomic E-state index is -0.989. The Labute approximate surface area is 222 Å². The van der Waals surface area contributed by atoms with Crippen molar-refractivity contribution in [2.75, 3.05) is 6.54 Å². The molecule has 4 atom stereocenters. The fourth-order valence-electron chi connectivity index (χ4n) is 7.01. The molecule has 0 aliphatic heterocycles. The summed E-state index contributed by atoms with van der Waals surface area (Å²) in [5.41, 5.74) is -1.02. The maximum absolute atomic E-state index is 14.8. The summed E-state index contributed by atoms with van der Waals surface area (Å²) in [6, 6.07) is 1.35. The molecule has 0 radical (unpaired) electrons. The third-order valence-electron chi connectivity index (χ3n) is 9.88. The number of carboxylic acids is 1. The van der Waals surface area contributed by atoms with Gasteiger partial charge in [-0.25, -0.2) is 8.78 Å². The molecule has 9 heteroatoms. The average molecular weight is 533 g/mol. The maximum atomic E-state index is 14.8. The van der Waals surface area contributed by atoms with Gasteiger partial charge in [0.25, 0.3) is 5.91 Å². The van der Waals surface area contributed by atoms with Crippen LogP contribution in [-0.2, 0) is 9.59 Å². The Morgan fingerprint density at radius 3 is 2.32 bits per heavy atom. The number of carbonyl (C=O) groups is 3. The highest BCUT2D eigenvalue weighted by atomic mass is 19.1. The van der Waals surface area contributed by atoms with Crippen LogP contribution in [0.25, 0.3) is 0 Å². The summed E-state index contributed by atoms with van der Waals surface area (Å²) in [6.07, 6.45) is 7.27. The smallest absolute Gasteiger partial charge is 0.309 e. The summed E-state index contributed by atoms with van der Waals surface area (Å²) in [4.78, 5) is 37.9.